The van der Waals surface area contributed by atoms with Crippen molar-refractivity contribution >= 4 is 5.91 Å². The maximum absolute atomic E-state index is 12.3. The maximum Gasteiger partial charge on any atom is 0.251 e. The van der Waals surface area contributed by atoms with Crippen molar-refractivity contribution in [3.8, 4) is 0 Å². The molecule has 1 saturated heterocycles. The number of aryl methyl sites for hydroxylation is 1. The van der Waals surface area contributed by atoms with Crippen molar-refractivity contribution in [3.63, 3.8) is 0 Å². The average Bonchev–Trinajstić information content (AvgIpc) is 2.95. The van der Waals surface area contributed by atoms with Crippen molar-refractivity contribution in [1.82, 2.24) is 14.5 Å². The number of hydrogen-bond donors (Lipinski definition) is 0. The van der Waals surface area contributed by atoms with E-state index < -0.39 is 0 Å². The third kappa shape index (κ3) is 2.87. The van der Waals surface area contributed by atoms with E-state index in [0.717, 1.165) is 51.8 Å². The number of likely N-dealkylation sites (N-methyl/N-ethyl adjacent to an activating group) is 1. The molecule has 0 aliphatic carbocycles. The van der Waals surface area contributed by atoms with Gasteiger partial charge in [-0.2, -0.15) is 0 Å². The van der Waals surface area contributed by atoms with E-state index in [9.17, 15) is 4.79 Å². The summed E-state index contributed by atoms with van der Waals surface area (Å²) in [6.07, 6.45) is 8.88. The lowest BCUT2D eigenvalue weighted by molar-refractivity contribution is -0.145. The van der Waals surface area contributed by atoms with Crippen molar-refractivity contribution in [2.24, 2.45) is 5.92 Å². The Labute approximate surface area is 119 Å². The zero-order valence-electron chi connectivity index (χ0n) is 12.1. The summed E-state index contributed by atoms with van der Waals surface area (Å²) in [5.41, 5.74) is 0. The van der Waals surface area contributed by atoms with Crippen LogP contribution in [-0.4, -0.2) is 46.7 Å². The molecule has 0 radical (unpaired) electrons. The van der Waals surface area contributed by atoms with Gasteiger partial charge in [0.2, 0.25) is 0 Å². The van der Waals surface area contributed by atoms with E-state index >= 15 is 0 Å². The number of rotatable bonds is 3. The Morgan fingerprint density at radius 3 is 3.20 bits per heavy atom. The third-order valence-corrected chi connectivity index (χ3v) is 4.40. The summed E-state index contributed by atoms with van der Waals surface area (Å²) in [5.74, 6) is 1.85. The van der Waals surface area contributed by atoms with Gasteiger partial charge in [0.25, 0.3) is 5.91 Å². The molecule has 1 fully saturated rings. The van der Waals surface area contributed by atoms with Crippen LogP contribution in [0.5, 0.6) is 0 Å². The van der Waals surface area contributed by atoms with Crippen LogP contribution in [0.4, 0.5) is 0 Å². The fourth-order valence-electron chi connectivity index (χ4n) is 3.24. The van der Waals surface area contributed by atoms with Gasteiger partial charge in [-0.25, -0.2) is 4.98 Å². The zero-order chi connectivity index (χ0) is 13.9. The third-order valence-electron chi connectivity index (χ3n) is 4.40. The highest BCUT2D eigenvalue weighted by molar-refractivity contribution is 5.80. The second-order valence-electron chi connectivity index (χ2n) is 5.97. The Kier molecular flexibility index (Phi) is 4.05. The lowest BCUT2D eigenvalue weighted by atomic mass is 9.98. The summed E-state index contributed by atoms with van der Waals surface area (Å²) >= 11 is 0. The highest BCUT2D eigenvalue weighted by Gasteiger charge is 2.27. The molecule has 110 valence electrons. The molecular weight excluding hydrogens is 254 g/mol. The van der Waals surface area contributed by atoms with Crippen molar-refractivity contribution in [3.05, 3.63) is 18.2 Å². The van der Waals surface area contributed by atoms with Crippen LogP contribution in [0.25, 0.3) is 0 Å². The molecule has 2 aliphatic heterocycles. The largest absolute Gasteiger partial charge is 0.368 e. The Bertz CT molecular complexity index is 465. The van der Waals surface area contributed by atoms with Gasteiger partial charge in [0.1, 0.15) is 11.9 Å². The molecule has 2 aliphatic rings. The van der Waals surface area contributed by atoms with E-state index in [1.54, 1.807) is 0 Å². The first-order chi connectivity index (χ1) is 9.74. The second kappa shape index (κ2) is 5.95. The highest BCUT2D eigenvalue weighted by atomic mass is 16.5. The molecule has 0 unspecified atom stereocenters. The molecule has 3 rings (SSSR count). The van der Waals surface area contributed by atoms with Gasteiger partial charge in [-0.15, -0.1) is 0 Å². The first-order valence-corrected chi connectivity index (χ1v) is 7.60. The van der Waals surface area contributed by atoms with Gasteiger partial charge in [-0.05, 0) is 31.6 Å². The molecule has 0 aromatic carbocycles. The minimum atomic E-state index is -0.207. The number of nitrogens with zero attached hydrogens (tertiary/aromatic N) is 3. The van der Waals surface area contributed by atoms with Gasteiger partial charge in [-0.1, -0.05) is 0 Å². The first-order valence-electron chi connectivity index (χ1n) is 7.60. The van der Waals surface area contributed by atoms with Crippen LogP contribution in [0, 0.1) is 5.92 Å². The van der Waals surface area contributed by atoms with E-state index in [1.165, 1.54) is 5.82 Å². The lowest BCUT2D eigenvalue weighted by Crippen LogP contribution is -2.43. The molecule has 0 N–H and O–H groups in total. The van der Waals surface area contributed by atoms with Crippen LogP contribution in [-0.2, 0) is 22.5 Å². The summed E-state index contributed by atoms with van der Waals surface area (Å²) in [5, 5.41) is 0. The van der Waals surface area contributed by atoms with Gasteiger partial charge in [0.15, 0.2) is 0 Å². The number of carbonyl (C=O) groups is 1. The molecule has 0 saturated carbocycles. The molecule has 0 bridgehead atoms. The number of carbonyl (C=O) groups excluding carboxylic acids is 1. The minimum Gasteiger partial charge on any atom is -0.368 e. The number of amides is 1. The average molecular weight is 277 g/mol. The monoisotopic (exact) mass is 277 g/mol. The minimum absolute atomic E-state index is 0.154. The Hall–Kier alpha value is -1.36. The number of aromatic nitrogens is 2. The van der Waals surface area contributed by atoms with Crippen molar-refractivity contribution < 1.29 is 9.53 Å². The van der Waals surface area contributed by atoms with Crippen LogP contribution in [0.3, 0.4) is 0 Å². The second-order valence-corrected chi connectivity index (χ2v) is 5.97. The summed E-state index contributed by atoms with van der Waals surface area (Å²) in [4.78, 5) is 18.6. The molecule has 20 heavy (non-hydrogen) atoms. The van der Waals surface area contributed by atoms with Crippen LogP contribution in [0.2, 0.25) is 0 Å². The predicted octanol–water partition coefficient (Wildman–Crippen LogP) is 1.47. The summed E-state index contributed by atoms with van der Waals surface area (Å²) in [6.45, 7) is 2.51. The fourth-order valence-corrected chi connectivity index (χ4v) is 3.24. The quantitative estimate of drug-likeness (QED) is 0.840. The smallest absolute Gasteiger partial charge is 0.251 e. The maximum atomic E-state index is 12.3. The fraction of sp³-hybridized carbons (Fsp3) is 0.733. The molecule has 1 aromatic rings. The number of hydrogen-bond acceptors (Lipinski definition) is 3. The van der Waals surface area contributed by atoms with Crippen LogP contribution in [0.1, 0.15) is 31.5 Å². The van der Waals surface area contributed by atoms with Gasteiger partial charge < -0.3 is 14.2 Å². The summed E-state index contributed by atoms with van der Waals surface area (Å²) in [7, 11) is 1.91. The van der Waals surface area contributed by atoms with Crippen LogP contribution < -0.4 is 0 Å². The molecule has 5 heteroatoms. The molecule has 0 spiro atoms. The lowest BCUT2D eigenvalue weighted by Gasteiger charge is -2.31. The van der Waals surface area contributed by atoms with Crippen molar-refractivity contribution in [2.75, 3.05) is 20.2 Å². The molecule has 1 aromatic heterocycles. The van der Waals surface area contributed by atoms with Crippen molar-refractivity contribution in [2.45, 2.75) is 44.8 Å². The number of ether oxygens (including phenoxy) is 1. The van der Waals surface area contributed by atoms with Gasteiger partial charge in [0.05, 0.1) is 0 Å². The molecule has 1 amide bonds. The molecule has 3 heterocycles. The van der Waals surface area contributed by atoms with Gasteiger partial charge >= 0.3 is 0 Å². The number of fused-ring (bicyclic) bond motifs is 1. The summed E-state index contributed by atoms with van der Waals surface area (Å²) in [6, 6.07) is 0. The standard InChI is InChI=1S/C15H23N3O2/c1-17(15(19)13-4-2-3-9-20-13)10-12-5-6-14-16-7-8-18(14)11-12/h7-8,12-13H,2-6,9-11H2,1H3/t12-,13-/m0/s1. The van der Waals surface area contributed by atoms with Crippen LogP contribution >= 0.6 is 0 Å². The highest BCUT2D eigenvalue weighted by Crippen LogP contribution is 2.21. The molecular formula is C15H23N3O2. The van der Waals surface area contributed by atoms with Crippen LogP contribution in [0.15, 0.2) is 12.4 Å². The van der Waals surface area contributed by atoms with E-state index in [1.807, 2.05) is 24.3 Å². The zero-order valence-corrected chi connectivity index (χ0v) is 12.1. The van der Waals surface area contributed by atoms with E-state index in [4.69, 9.17) is 4.74 Å². The van der Waals surface area contributed by atoms with E-state index in [2.05, 4.69) is 9.55 Å². The normalized spacial score (nSPS) is 26.1. The van der Waals surface area contributed by atoms with Crippen molar-refractivity contribution in [1.29, 1.82) is 0 Å². The Balaban J connectivity index is 1.54. The predicted molar refractivity (Wildman–Crippen MR) is 75.3 cm³/mol. The van der Waals surface area contributed by atoms with E-state index in [0.29, 0.717) is 5.92 Å². The first kappa shape index (κ1) is 13.6. The Morgan fingerprint density at radius 2 is 2.40 bits per heavy atom. The Morgan fingerprint density at radius 1 is 1.50 bits per heavy atom. The number of imidazole rings is 1. The topological polar surface area (TPSA) is 47.4 Å². The van der Waals surface area contributed by atoms with E-state index in [-0.39, 0.29) is 12.0 Å². The SMILES string of the molecule is CN(C[C@@H]1CCc2nccn2C1)C(=O)[C@@H]1CCCCO1. The molecule has 5 nitrogen and oxygen atoms in total. The van der Waals surface area contributed by atoms with Gasteiger partial charge in [0, 0.05) is 45.6 Å². The summed E-state index contributed by atoms with van der Waals surface area (Å²) < 4.78 is 7.80. The molecule has 2 atom stereocenters. The van der Waals surface area contributed by atoms with Gasteiger partial charge in [-0.3, -0.25) is 4.79 Å².